The first-order valence-corrected chi connectivity index (χ1v) is 7.64. The van der Waals surface area contributed by atoms with E-state index in [4.69, 9.17) is 0 Å². The molecule has 0 aromatic rings. The van der Waals surface area contributed by atoms with E-state index in [0.29, 0.717) is 5.41 Å². The van der Waals surface area contributed by atoms with Crippen molar-refractivity contribution in [2.24, 2.45) is 5.41 Å². The van der Waals surface area contributed by atoms with E-state index in [1.165, 1.54) is 30.8 Å². The molecule has 0 saturated carbocycles. The van der Waals surface area contributed by atoms with Gasteiger partial charge in [0.15, 0.2) is 0 Å². The van der Waals surface area contributed by atoms with E-state index < -0.39 is 0 Å². The molecule has 0 spiro atoms. The number of hydrogen-bond donors (Lipinski definition) is 0. The maximum absolute atomic E-state index is 3.43. The number of alkyl halides is 1. The van der Waals surface area contributed by atoms with Crippen molar-refractivity contribution < 1.29 is 24.4 Å². The molecule has 1 aliphatic rings. The van der Waals surface area contributed by atoms with E-state index in [1.807, 2.05) is 0 Å². The SMILES string of the molecule is C=CCBr.CC(C)(C)C1=[C]([Hf])CC=C1. The maximum atomic E-state index is 3.43. The van der Waals surface area contributed by atoms with E-state index in [0.717, 1.165) is 5.33 Å². The Morgan fingerprint density at radius 2 is 2.07 bits per heavy atom. The minimum atomic E-state index is 0.379. The number of allylic oxidation sites excluding steroid dienone is 5. The van der Waals surface area contributed by atoms with Crippen molar-refractivity contribution >= 4 is 15.9 Å². The fourth-order valence-corrected chi connectivity index (χ4v) is 3.28. The summed E-state index contributed by atoms with van der Waals surface area (Å²) in [6.45, 7) is 10.3. The third kappa shape index (κ3) is 5.45. The quantitative estimate of drug-likeness (QED) is 0.336. The zero-order chi connectivity index (χ0) is 11.2. The van der Waals surface area contributed by atoms with Crippen molar-refractivity contribution in [3.8, 4) is 0 Å². The molecule has 0 radical (unpaired) electrons. The van der Waals surface area contributed by atoms with Gasteiger partial charge in [-0.2, -0.15) is 0 Å². The molecule has 0 nitrogen and oxygen atoms in total. The van der Waals surface area contributed by atoms with Gasteiger partial charge in [0, 0.05) is 5.33 Å². The van der Waals surface area contributed by atoms with E-state index in [2.05, 4.69) is 55.4 Å². The first-order valence-electron chi connectivity index (χ1n) is 4.72. The molecule has 0 heterocycles. The average Bonchev–Trinajstić information content (AvgIpc) is 2.51. The van der Waals surface area contributed by atoms with Gasteiger partial charge in [0.05, 0.1) is 0 Å². The van der Waals surface area contributed by atoms with Crippen molar-refractivity contribution in [2.75, 3.05) is 5.33 Å². The van der Waals surface area contributed by atoms with Crippen LogP contribution in [0.3, 0.4) is 0 Å². The fourth-order valence-electron chi connectivity index (χ4n) is 1.21. The van der Waals surface area contributed by atoms with Crippen LogP contribution in [0.1, 0.15) is 27.2 Å². The molecule has 1 aliphatic carbocycles. The van der Waals surface area contributed by atoms with Crippen molar-refractivity contribution in [2.45, 2.75) is 27.2 Å². The Bertz CT molecular complexity index is 244. The number of halogens is 1. The Hall–Kier alpha value is 0.570. The van der Waals surface area contributed by atoms with E-state index in [1.54, 1.807) is 15.0 Å². The average molecular weight is 421 g/mol. The Morgan fingerprint density at radius 1 is 1.57 bits per heavy atom. The number of hydrogen-bond acceptors (Lipinski definition) is 0. The molecule has 0 amide bonds. The van der Waals surface area contributed by atoms with Crippen LogP contribution < -0.4 is 0 Å². The molecule has 77 valence electrons. The van der Waals surface area contributed by atoms with Gasteiger partial charge in [0.1, 0.15) is 0 Å². The Morgan fingerprint density at radius 3 is 2.21 bits per heavy atom. The second-order valence-electron chi connectivity index (χ2n) is 4.19. The summed E-state index contributed by atoms with van der Waals surface area (Å²) in [6.07, 6.45) is 7.59. The first kappa shape index (κ1) is 14.6. The molecule has 0 aliphatic heterocycles. The predicted octanol–water partition coefficient (Wildman–Crippen LogP) is 4.36. The molecule has 14 heavy (non-hydrogen) atoms. The van der Waals surface area contributed by atoms with Crippen LogP contribution in [0.25, 0.3) is 0 Å². The fraction of sp³-hybridized carbons (Fsp3) is 0.500. The second-order valence-corrected chi connectivity index (χ2v) is 7.01. The van der Waals surface area contributed by atoms with Crippen LogP contribution in [0.15, 0.2) is 33.7 Å². The summed E-state index contributed by atoms with van der Waals surface area (Å²) in [4.78, 5) is 0. The van der Waals surface area contributed by atoms with Gasteiger partial charge in [-0.25, -0.2) is 0 Å². The Balaban J connectivity index is 0.000000364. The molecule has 2 heteroatoms. The summed E-state index contributed by atoms with van der Waals surface area (Å²) in [6, 6.07) is 0. The molecule has 0 aromatic heterocycles. The topological polar surface area (TPSA) is 0 Å². The molecule has 0 N–H and O–H groups in total. The molecule has 1 rings (SSSR count). The van der Waals surface area contributed by atoms with Gasteiger partial charge in [-0.05, 0) is 0 Å². The van der Waals surface area contributed by atoms with Gasteiger partial charge in [-0.15, -0.1) is 6.58 Å². The zero-order valence-corrected chi connectivity index (χ0v) is 14.4. The zero-order valence-electron chi connectivity index (χ0n) is 9.23. The van der Waals surface area contributed by atoms with E-state index in [9.17, 15) is 0 Å². The van der Waals surface area contributed by atoms with Crippen LogP contribution in [0.4, 0.5) is 0 Å². The van der Waals surface area contributed by atoms with E-state index in [-0.39, 0.29) is 0 Å². The molecule has 0 aromatic carbocycles. The van der Waals surface area contributed by atoms with Crippen LogP contribution >= 0.6 is 15.9 Å². The molecule has 0 saturated heterocycles. The molecule has 0 fully saturated rings. The predicted molar refractivity (Wildman–Crippen MR) is 64.2 cm³/mol. The van der Waals surface area contributed by atoms with Crippen LogP contribution in [0, 0.1) is 5.41 Å². The minimum absolute atomic E-state index is 0.379. The molecular formula is C12H18BrHf. The van der Waals surface area contributed by atoms with Gasteiger partial charge in [0.2, 0.25) is 0 Å². The third-order valence-corrected chi connectivity index (χ3v) is 4.01. The Kier molecular flexibility index (Phi) is 7.23. The first-order chi connectivity index (χ1) is 6.43. The summed E-state index contributed by atoms with van der Waals surface area (Å²) in [5.74, 6) is 0. The normalized spacial score (nSPS) is 15.1. The number of rotatable bonds is 1. The summed E-state index contributed by atoms with van der Waals surface area (Å²) < 4.78 is 1.67. The second kappa shape index (κ2) is 6.95. The molecule has 0 atom stereocenters. The Labute approximate surface area is 111 Å². The standard InChI is InChI=1S/C9H13.C3H5Br.Hf/c1-9(2,3)8-6-4-5-7-8;1-2-3-4;/h4,6H,5H2,1-3H3;2H,1,3H2;. The van der Waals surface area contributed by atoms with Crippen LogP contribution in [0.5, 0.6) is 0 Å². The molecule has 0 bridgehead atoms. The third-order valence-electron chi connectivity index (χ3n) is 1.85. The van der Waals surface area contributed by atoms with Gasteiger partial charge >= 0.3 is 78.0 Å². The van der Waals surface area contributed by atoms with Gasteiger partial charge in [0.25, 0.3) is 0 Å². The van der Waals surface area contributed by atoms with E-state index >= 15 is 0 Å². The summed E-state index contributed by atoms with van der Waals surface area (Å²) in [5, 5.41) is 0.896. The van der Waals surface area contributed by atoms with Gasteiger partial charge in [-0.1, -0.05) is 22.0 Å². The molecule has 0 unspecified atom stereocenters. The van der Waals surface area contributed by atoms with Crippen LogP contribution in [0.2, 0.25) is 0 Å². The summed E-state index contributed by atoms with van der Waals surface area (Å²) in [5.41, 5.74) is 1.96. The van der Waals surface area contributed by atoms with Crippen molar-refractivity contribution in [1.82, 2.24) is 0 Å². The van der Waals surface area contributed by atoms with Gasteiger partial charge in [-0.3, -0.25) is 0 Å². The van der Waals surface area contributed by atoms with Crippen molar-refractivity contribution in [3.63, 3.8) is 0 Å². The monoisotopic (exact) mass is 421 g/mol. The van der Waals surface area contributed by atoms with Crippen molar-refractivity contribution in [1.29, 1.82) is 0 Å². The summed E-state index contributed by atoms with van der Waals surface area (Å²) >= 11 is 4.36. The molecular weight excluding hydrogens is 403 g/mol. The van der Waals surface area contributed by atoms with Crippen LogP contribution in [-0.2, 0) is 24.4 Å². The van der Waals surface area contributed by atoms with Gasteiger partial charge < -0.3 is 0 Å². The van der Waals surface area contributed by atoms with Crippen molar-refractivity contribution in [3.05, 3.63) is 33.7 Å². The summed E-state index contributed by atoms with van der Waals surface area (Å²) in [7, 11) is 0. The van der Waals surface area contributed by atoms with Crippen LogP contribution in [-0.4, -0.2) is 5.33 Å².